The van der Waals surface area contributed by atoms with E-state index in [4.69, 9.17) is 0 Å². The first-order valence-electron chi connectivity index (χ1n) is 11.6. The lowest BCUT2D eigenvalue weighted by Gasteiger charge is -2.19. The normalized spacial score (nSPS) is 17.7. The molecule has 2 aliphatic carbocycles. The van der Waals surface area contributed by atoms with Gasteiger partial charge in [0, 0.05) is 19.6 Å². The molecule has 2 unspecified atom stereocenters. The number of allylic oxidation sites excluding steroid dienone is 2. The van der Waals surface area contributed by atoms with E-state index in [0.717, 1.165) is 5.71 Å². The maximum atomic E-state index is 10.6. The van der Waals surface area contributed by atoms with Gasteiger partial charge in [-0.1, -0.05) is 108 Å². The molecule has 4 aromatic carbocycles. The fraction of sp³-hybridized carbons (Fsp3) is 0.0645. The van der Waals surface area contributed by atoms with E-state index in [-0.39, 0.29) is 11.8 Å². The zero-order valence-electron chi connectivity index (χ0n) is 18.9. The van der Waals surface area contributed by atoms with Gasteiger partial charge in [-0.25, -0.2) is 0 Å². The van der Waals surface area contributed by atoms with E-state index in [0.29, 0.717) is 0 Å². The Hall–Kier alpha value is -3.56. The molecule has 0 spiro atoms. The van der Waals surface area contributed by atoms with Crippen LogP contribution in [0.4, 0.5) is 0 Å². The molecule has 168 valence electrons. The maximum Gasteiger partial charge on any atom is 0.293 e. The first-order valence-corrected chi connectivity index (χ1v) is 13.2. The maximum absolute atomic E-state index is 10.6. The Labute approximate surface area is 214 Å². The molecule has 2 nitrogen and oxygen atoms in total. The highest BCUT2D eigenvalue weighted by Crippen LogP contribution is 2.52. The second-order valence-corrected chi connectivity index (χ2v) is 10.9. The van der Waals surface area contributed by atoms with E-state index in [9.17, 15) is 5.53 Å². The Bertz CT molecular complexity index is 1390. The van der Waals surface area contributed by atoms with E-state index >= 15 is 0 Å². The highest BCUT2D eigenvalue weighted by molar-refractivity contribution is 8.03. The van der Waals surface area contributed by atoms with Crippen LogP contribution in [0.1, 0.15) is 34.1 Å². The summed E-state index contributed by atoms with van der Waals surface area (Å²) < 4.78 is 0. The number of rotatable bonds is 6. The minimum absolute atomic E-state index is 0.114. The zero-order valence-corrected chi connectivity index (χ0v) is 20.5. The van der Waals surface area contributed by atoms with Gasteiger partial charge in [0.15, 0.2) is 0 Å². The van der Waals surface area contributed by atoms with Crippen molar-refractivity contribution in [2.24, 2.45) is 0 Å². The summed E-state index contributed by atoms with van der Waals surface area (Å²) in [6, 6.07) is 37.7. The molecule has 0 saturated carbocycles. The van der Waals surface area contributed by atoms with Gasteiger partial charge in [-0.05, 0) is 58.7 Å². The fourth-order valence-electron chi connectivity index (χ4n) is 4.91. The number of thioether (sulfide) groups is 2. The predicted octanol–water partition coefficient (Wildman–Crippen LogP) is 8.52. The molecular formula is C31H22N2S2. The first kappa shape index (κ1) is 21.9. The van der Waals surface area contributed by atoms with Crippen molar-refractivity contribution in [3.8, 4) is 0 Å². The van der Waals surface area contributed by atoms with Crippen LogP contribution in [0.2, 0.25) is 0 Å². The van der Waals surface area contributed by atoms with E-state index in [1.165, 1.54) is 41.9 Å². The SMILES string of the molecule is [N-]=[N+]=C(C1C(Sc2ccccc2)=Cc2ccccc21)C1C(Sc2ccccc2)=Cc2ccccc21. The van der Waals surface area contributed by atoms with Crippen molar-refractivity contribution in [1.82, 2.24) is 0 Å². The molecule has 0 heterocycles. The lowest BCUT2D eigenvalue weighted by atomic mass is 9.85. The largest absolute Gasteiger partial charge is 0.362 e. The molecule has 0 aliphatic heterocycles. The van der Waals surface area contributed by atoms with Crippen molar-refractivity contribution in [1.29, 1.82) is 0 Å². The van der Waals surface area contributed by atoms with Crippen molar-refractivity contribution in [3.05, 3.63) is 147 Å². The molecule has 35 heavy (non-hydrogen) atoms. The van der Waals surface area contributed by atoms with Crippen LogP contribution >= 0.6 is 23.5 Å². The summed E-state index contributed by atoms with van der Waals surface area (Å²) in [5.74, 6) is -0.227. The van der Waals surface area contributed by atoms with Gasteiger partial charge in [-0.15, -0.1) is 0 Å². The summed E-state index contributed by atoms with van der Waals surface area (Å²) in [4.78, 5) is 8.75. The van der Waals surface area contributed by atoms with Crippen molar-refractivity contribution in [2.45, 2.75) is 21.6 Å². The molecule has 6 rings (SSSR count). The van der Waals surface area contributed by atoms with Crippen LogP contribution in [0, 0.1) is 0 Å². The quantitative estimate of drug-likeness (QED) is 0.156. The van der Waals surface area contributed by atoms with Crippen LogP contribution < -0.4 is 0 Å². The lowest BCUT2D eigenvalue weighted by molar-refractivity contribution is -0.0125. The number of hydrogen-bond acceptors (Lipinski definition) is 2. The Kier molecular flexibility index (Phi) is 6.01. The number of fused-ring (bicyclic) bond motifs is 2. The molecule has 2 atom stereocenters. The van der Waals surface area contributed by atoms with E-state index in [2.05, 4.69) is 114 Å². The standard InChI is InChI=1S/C31H22N2S2/c32-33-31(29-25-17-9-7-11-21(25)19-27(29)34-23-13-3-1-4-14-23)30-26-18-10-8-12-22(26)20-28(30)35-24-15-5-2-6-16-24/h1-20,29-30H. The Balaban J connectivity index is 1.44. The van der Waals surface area contributed by atoms with Gasteiger partial charge in [0.1, 0.15) is 11.8 Å². The van der Waals surface area contributed by atoms with Gasteiger partial charge in [-0.2, -0.15) is 4.79 Å². The summed E-state index contributed by atoms with van der Waals surface area (Å²) >= 11 is 3.50. The minimum Gasteiger partial charge on any atom is -0.362 e. The van der Waals surface area contributed by atoms with Crippen molar-refractivity contribution >= 4 is 41.4 Å². The molecule has 2 aliphatic rings. The second kappa shape index (κ2) is 9.59. The molecule has 0 fully saturated rings. The summed E-state index contributed by atoms with van der Waals surface area (Å²) in [6.07, 6.45) is 4.49. The summed E-state index contributed by atoms with van der Waals surface area (Å²) in [7, 11) is 0. The van der Waals surface area contributed by atoms with E-state index < -0.39 is 0 Å². The van der Waals surface area contributed by atoms with Gasteiger partial charge in [0.05, 0.1) is 0 Å². The Morgan fingerprint density at radius 1 is 0.543 bits per heavy atom. The van der Waals surface area contributed by atoms with E-state index in [1.807, 2.05) is 12.1 Å². The average molecular weight is 487 g/mol. The minimum atomic E-state index is -0.114. The molecule has 0 radical (unpaired) electrons. The fourth-order valence-corrected chi connectivity index (χ4v) is 7.14. The van der Waals surface area contributed by atoms with Gasteiger partial charge in [0.2, 0.25) is 0 Å². The smallest absolute Gasteiger partial charge is 0.293 e. The van der Waals surface area contributed by atoms with Crippen LogP contribution in [0.25, 0.3) is 17.7 Å². The summed E-state index contributed by atoms with van der Waals surface area (Å²) in [6.45, 7) is 0. The molecular weight excluding hydrogens is 464 g/mol. The molecule has 4 heteroatoms. The molecule has 0 amide bonds. The molecule has 0 N–H and O–H groups in total. The molecule has 0 saturated heterocycles. The summed E-state index contributed by atoms with van der Waals surface area (Å²) in [5.41, 5.74) is 16.1. The van der Waals surface area contributed by atoms with Gasteiger partial charge in [0.25, 0.3) is 5.71 Å². The zero-order chi connectivity index (χ0) is 23.6. The van der Waals surface area contributed by atoms with Gasteiger partial charge in [-0.3, -0.25) is 0 Å². The Morgan fingerprint density at radius 2 is 0.943 bits per heavy atom. The van der Waals surface area contributed by atoms with Crippen LogP contribution in [0.15, 0.2) is 129 Å². The summed E-state index contributed by atoms with van der Waals surface area (Å²) in [5, 5.41) is 0. The topological polar surface area (TPSA) is 36.4 Å². The third-order valence-electron chi connectivity index (χ3n) is 6.44. The third kappa shape index (κ3) is 4.21. The molecule has 0 aromatic heterocycles. The van der Waals surface area contributed by atoms with Crippen molar-refractivity contribution in [3.63, 3.8) is 0 Å². The highest BCUT2D eigenvalue weighted by Gasteiger charge is 2.44. The van der Waals surface area contributed by atoms with Crippen LogP contribution in [0.5, 0.6) is 0 Å². The Morgan fingerprint density at radius 3 is 1.37 bits per heavy atom. The van der Waals surface area contributed by atoms with Gasteiger partial charge < -0.3 is 5.53 Å². The van der Waals surface area contributed by atoms with Crippen molar-refractivity contribution in [2.75, 3.05) is 0 Å². The number of benzene rings is 4. The van der Waals surface area contributed by atoms with Gasteiger partial charge >= 0.3 is 0 Å². The average Bonchev–Trinajstić information content (AvgIpc) is 3.44. The second-order valence-electron chi connectivity index (χ2n) is 8.57. The first-order chi connectivity index (χ1) is 17.3. The van der Waals surface area contributed by atoms with Crippen LogP contribution in [0.3, 0.4) is 0 Å². The lowest BCUT2D eigenvalue weighted by Crippen LogP contribution is -2.22. The molecule has 0 bridgehead atoms. The predicted molar refractivity (Wildman–Crippen MR) is 148 cm³/mol. The monoisotopic (exact) mass is 486 g/mol. The van der Waals surface area contributed by atoms with E-state index in [1.54, 1.807) is 23.5 Å². The number of nitrogens with zero attached hydrogens (tertiary/aromatic N) is 2. The highest BCUT2D eigenvalue weighted by atomic mass is 32.2. The van der Waals surface area contributed by atoms with Crippen LogP contribution in [-0.4, -0.2) is 10.5 Å². The van der Waals surface area contributed by atoms with Crippen LogP contribution in [-0.2, 0) is 0 Å². The molecule has 4 aromatic rings. The third-order valence-corrected chi connectivity index (χ3v) is 8.64. The van der Waals surface area contributed by atoms with Crippen molar-refractivity contribution < 1.29 is 4.79 Å². The number of hydrogen-bond donors (Lipinski definition) is 0.